The van der Waals surface area contributed by atoms with E-state index < -0.39 is 0 Å². The Bertz CT molecular complexity index is 387. The van der Waals surface area contributed by atoms with E-state index in [2.05, 4.69) is 10.5 Å². The molecule has 0 aromatic heterocycles. The lowest BCUT2D eigenvalue weighted by Crippen LogP contribution is -2.24. The maximum absolute atomic E-state index is 11.4. The number of aliphatic hydroxyl groups excluding tert-OH is 1. The molecule has 1 aliphatic rings. The van der Waals surface area contributed by atoms with Gasteiger partial charge in [-0.25, -0.2) is 5.43 Å². The molecule has 2 N–H and O–H groups in total. The molecule has 0 saturated heterocycles. The molecule has 0 saturated carbocycles. The van der Waals surface area contributed by atoms with Gasteiger partial charge in [-0.2, -0.15) is 5.10 Å². The molecule has 78 valence electrons. The van der Waals surface area contributed by atoms with E-state index in [0.717, 1.165) is 11.3 Å². The summed E-state index contributed by atoms with van der Waals surface area (Å²) < 4.78 is 0. The molecule has 0 spiro atoms. The molecule has 1 amide bonds. The van der Waals surface area contributed by atoms with Crippen molar-refractivity contribution < 1.29 is 9.90 Å². The highest BCUT2D eigenvalue weighted by Gasteiger charge is 2.29. The summed E-state index contributed by atoms with van der Waals surface area (Å²) in [7, 11) is 0. The standard InChI is InChI=1S/C11H12N2O2/c14-7-6-9-10(12-13-11(9)15)8-4-2-1-3-5-8/h1-5,9,14H,6-7H2,(H,13,15)/t9-/m1/s1. The fourth-order valence-corrected chi connectivity index (χ4v) is 1.67. The zero-order chi connectivity index (χ0) is 10.7. The average Bonchev–Trinajstić information content (AvgIpc) is 2.63. The van der Waals surface area contributed by atoms with Gasteiger partial charge in [0.25, 0.3) is 0 Å². The lowest BCUT2D eigenvalue weighted by molar-refractivity contribution is -0.122. The molecule has 0 fully saturated rings. The quantitative estimate of drug-likeness (QED) is 0.754. The van der Waals surface area contributed by atoms with Gasteiger partial charge in [0.05, 0.1) is 11.6 Å². The van der Waals surface area contributed by atoms with Crippen LogP contribution in [0.1, 0.15) is 12.0 Å². The van der Waals surface area contributed by atoms with Crippen molar-refractivity contribution in [1.82, 2.24) is 5.43 Å². The van der Waals surface area contributed by atoms with Crippen LogP contribution in [0.2, 0.25) is 0 Å². The van der Waals surface area contributed by atoms with Crippen LogP contribution < -0.4 is 5.43 Å². The second kappa shape index (κ2) is 4.23. The molecule has 2 rings (SSSR count). The number of nitrogens with one attached hydrogen (secondary N) is 1. The molecular weight excluding hydrogens is 192 g/mol. The summed E-state index contributed by atoms with van der Waals surface area (Å²) in [6.45, 7) is -0.00998. The van der Waals surface area contributed by atoms with Crippen LogP contribution in [0.15, 0.2) is 35.4 Å². The molecule has 1 atom stereocenters. The van der Waals surface area contributed by atoms with E-state index in [9.17, 15) is 4.79 Å². The normalized spacial score (nSPS) is 19.9. The molecule has 0 aliphatic carbocycles. The first-order chi connectivity index (χ1) is 7.33. The largest absolute Gasteiger partial charge is 0.396 e. The highest BCUT2D eigenvalue weighted by molar-refractivity contribution is 6.16. The highest BCUT2D eigenvalue weighted by Crippen LogP contribution is 2.17. The van der Waals surface area contributed by atoms with Gasteiger partial charge in [-0.15, -0.1) is 0 Å². The number of hydrogen-bond donors (Lipinski definition) is 2. The van der Waals surface area contributed by atoms with E-state index in [0.29, 0.717) is 6.42 Å². The smallest absolute Gasteiger partial charge is 0.249 e. The van der Waals surface area contributed by atoms with Crippen molar-refractivity contribution in [3.05, 3.63) is 35.9 Å². The minimum Gasteiger partial charge on any atom is -0.396 e. The van der Waals surface area contributed by atoms with E-state index >= 15 is 0 Å². The first-order valence-corrected chi connectivity index (χ1v) is 4.86. The molecule has 0 bridgehead atoms. The van der Waals surface area contributed by atoms with Crippen molar-refractivity contribution in [2.45, 2.75) is 6.42 Å². The van der Waals surface area contributed by atoms with Crippen LogP contribution in [0.3, 0.4) is 0 Å². The zero-order valence-electron chi connectivity index (χ0n) is 8.18. The van der Waals surface area contributed by atoms with Crippen LogP contribution in [0, 0.1) is 5.92 Å². The molecule has 4 nitrogen and oxygen atoms in total. The van der Waals surface area contributed by atoms with E-state index in [-0.39, 0.29) is 18.4 Å². The van der Waals surface area contributed by atoms with Crippen LogP contribution in [0.5, 0.6) is 0 Å². The fourth-order valence-electron chi connectivity index (χ4n) is 1.67. The third-order valence-electron chi connectivity index (χ3n) is 2.42. The summed E-state index contributed by atoms with van der Waals surface area (Å²) >= 11 is 0. The van der Waals surface area contributed by atoms with Gasteiger partial charge >= 0.3 is 0 Å². The molecule has 1 aromatic carbocycles. The van der Waals surface area contributed by atoms with Gasteiger partial charge in [-0.05, 0) is 12.0 Å². The van der Waals surface area contributed by atoms with Crippen LogP contribution >= 0.6 is 0 Å². The average molecular weight is 204 g/mol. The van der Waals surface area contributed by atoms with Gasteiger partial charge in [-0.3, -0.25) is 4.79 Å². The van der Waals surface area contributed by atoms with Crippen LogP contribution in [-0.2, 0) is 4.79 Å². The number of aliphatic hydroxyl groups is 1. The molecular formula is C11H12N2O2. The van der Waals surface area contributed by atoms with Crippen LogP contribution in [-0.4, -0.2) is 23.3 Å². The summed E-state index contributed by atoms with van der Waals surface area (Å²) in [6, 6.07) is 9.52. The Morgan fingerprint density at radius 3 is 2.73 bits per heavy atom. The molecule has 1 aliphatic heterocycles. The summed E-state index contributed by atoms with van der Waals surface area (Å²) in [5.74, 6) is -0.458. The van der Waals surface area contributed by atoms with Gasteiger partial charge in [0.1, 0.15) is 0 Å². The molecule has 1 heterocycles. The summed E-state index contributed by atoms with van der Waals surface area (Å²) in [5.41, 5.74) is 4.08. The molecule has 0 radical (unpaired) electrons. The second-order valence-corrected chi connectivity index (χ2v) is 3.40. The molecule has 15 heavy (non-hydrogen) atoms. The minimum atomic E-state index is -0.322. The van der Waals surface area contributed by atoms with Crippen molar-refractivity contribution in [2.24, 2.45) is 11.0 Å². The maximum Gasteiger partial charge on any atom is 0.249 e. The Hall–Kier alpha value is -1.68. The van der Waals surface area contributed by atoms with Gasteiger partial charge in [0.2, 0.25) is 5.91 Å². The summed E-state index contributed by atoms with van der Waals surface area (Å²) in [6.07, 6.45) is 0.416. The third kappa shape index (κ3) is 1.89. The lowest BCUT2D eigenvalue weighted by Gasteiger charge is -2.08. The maximum atomic E-state index is 11.4. The highest BCUT2D eigenvalue weighted by atomic mass is 16.3. The minimum absolute atomic E-state index is 0.00998. The van der Waals surface area contributed by atoms with Crippen molar-refractivity contribution in [2.75, 3.05) is 6.61 Å². The van der Waals surface area contributed by atoms with Crippen LogP contribution in [0.4, 0.5) is 0 Å². The number of hydrazone groups is 1. The van der Waals surface area contributed by atoms with E-state index in [1.165, 1.54) is 0 Å². The number of hydrogen-bond acceptors (Lipinski definition) is 3. The Balaban J connectivity index is 2.26. The Kier molecular flexibility index (Phi) is 2.78. The van der Waals surface area contributed by atoms with Crippen molar-refractivity contribution in [1.29, 1.82) is 0 Å². The van der Waals surface area contributed by atoms with Crippen LogP contribution in [0.25, 0.3) is 0 Å². The number of rotatable bonds is 3. The number of carbonyl (C=O) groups excluding carboxylic acids is 1. The zero-order valence-corrected chi connectivity index (χ0v) is 8.18. The fraction of sp³-hybridized carbons (Fsp3) is 0.273. The second-order valence-electron chi connectivity index (χ2n) is 3.40. The van der Waals surface area contributed by atoms with E-state index in [1.54, 1.807) is 0 Å². The molecule has 0 unspecified atom stereocenters. The van der Waals surface area contributed by atoms with Crippen molar-refractivity contribution in [3.8, 4) is 0 Å². The van der Waals surface area contributed by atoms with Gasteiger partial charge in [0.15, 0.2) is 0 Å². The predicted octanol–water partition coefficient (Wildman–Crippen LogP) is 0.519. The topological polar surface area (TPSA) is 61.7 Å². The number of amides is 1. The number of benzene rings is 1. The van der Waals surface area contributed by atoms with E-state index in [4.69, 9.17) is 5.11 Å². The Morgan fingerprint density at radius 2 is 2.07 bits per heavy atom. The van der Waals surface area contributed by atoms with E-state index in [1.807, 2.05) is 30.3 Å². The third-order valence-corrected chi connectivity index (χ3v) is 2.42. The predicted molar refractivity (Wildman–Crippen MR) is 56.3 cm³/mol. The SMILES string of the molecule is O=C1NN=C(c2ccccc2)[C@H]1CCO. The van der Waals surface area contributed by atoms with Gasteiger partial charge in [-0.1, -0.05) is 30.3 Å². The van der Waals surface area contributed by atoms with Gasteiger partial charge < -0.3 is 5.11 Å². The first kappa shape index (κ1) is 9.86. The van der Waals surface area contributed by atoms with Crippen molar-refractivity contribution in [3.63, 3.8) is 0 Å². The molecule has 1 aromatic rings. The number of carbonyl (C=O) groups is 1. The Labute approximate surface area is 87.6 Å². The monoisotopic (exact) mass is 204 g/mol. The molecule has 4 heteroatoms. The first-order valence-electron chi connectivity index (χ1n) is 4.86. The Morgan fingerprint density at radius 1 is 1.33 bits per heavy atom. The summed E-state index contributed by atoms with van der Waals surface area (Å²) in [4.78, 5) is 11.4. The van der Waals surface area contributed by atoms with Crippen molar-refractivity contribution >= 4 is 11.6 Å². The number of nitrogens with zero attached hydrogens (tertiary/aromatic N) is 1. The lowest BCUT2D eigenvalue weighted by atomic mass is 9.94. The van der Waals surface area contributed by atoms with Gasteiger partial charge in [0, 0.05) is 6.61 Å². The summed E-state index contributed by atoms with van der Waals surface area (Å²) in [5, 5.41) is 12.9.